The molecule has 0 N–H and O–H groups in total. The first-order valence-electron chi connectivity index (χ1n) is 8.21. The Kier molecular flexibility index (Phi) is 2.41. The average molecular weight is 282 g/mol. The van der Waals surface area contributed by atoms with Crippen LogP contribution in [-0.2, 0) is 6.42 Å². The topological polar surface area (TPSA) is 0 Å². The van der Waals surface area contributed by atoms with Crippen molar-refractivity contribution in [1.29, 1.82) is 0 Å². The molecule has 0 saturated carbocycles. The van der Waals surface area contributed by atoms with Crippen molar-refractivity contribution in [3.8, 4) is 22.3 Å². The Morgan fingerprint density at radius 3 is 2.36 bits per heavy atom. The number of fused-ring (bicyclic) bond motifs is 6. The van der Waals surface area contributed by atoms with Gasteiger partial charge in [0.25, 0.3) is 0 Å². The van der Waals surface area contributed by atoms with Gasteiger partial charge < -0.3 is 0 Å². The highest BCUT2D eigenvalue weighted by molar-refractivity contribution is 5.87. The van der Waals surface area contributed by atoms with Crippen molar-refractivity contribution in [2.45, 2.75) is 25.7 Å². The van der Waals surface area contributed by atoms with Crippen LogP contribution in [0.2, 0.25) is 0 Å². The second kappa shape index (κ2) is 4.33. The van der Waals surface area contributed by atoms with Gasteiger partial charge in [-0.25, -0.2) is 0 Å². The van der Waals surface area contributed by atoms with Crippen LogP contribution in [0.3, 0.4) is 0 Å². The molecule has 0 amide bonds. The fourth-order valence-electron chi connectivity index (χ4n) is 4.38. The molecule has 3 aromatic rings. The summed E-state index contributed by atoms with van der Waals surface area (Å²) in [5.74, 6) is 0.570. The van der Waals surface area contributed by atoms with Crippen molar-refractivity contribution in [1.82, 2.24) is 0 Å². The Morgan fingerprint density at radius 1 is 0.727 bits per heavy atom. The Morgan fingerprint density at radius 2 is 1.50 bits per heavy atom. The molecule has 0 aliphatic heterocycles. The zero-order valence-electron chi connectivity index (χ0n) is 12.8. The molecule has 5 rings (SSSR count). The fourth-order valence-corrected chi connectivity index (χ4v) is 4.38. The van der Waals surface area contributed by atoms with E-state index in [1.165, 1.54) is 50.9 Å². The summed E-state index contributed by atoms with van der Waals surface area (Å²) in [5.41, 5.74) is 11.8. The van der Waals surface area contributed by atoms with Crippen LogP contribution in [0, 0.1) is 0 Å². The summed E-state index contributed by atoms with van der Waals surface area (Å²) in [6.07, 6.45) is 2.27. The van der Waals surface area contributed by atoms with Gasteiger partial charge in [0, 0.05) is 5.92 Å². The maximum atomic E-state index is 2.48. The van der Waals surface area contributed by atoms with Crippen molar-refractivity contribution in [3.05, 3.63) is 82.9 Å². The molecule has 106 valence electrons. The molecular formula is C22H18. The molecule has 2 aliphatic carbocycles. The van der Waals surface area contributed by atoms with Gasteiger partial charge in [0.1, 0.15) is 0 Å². The zero-order valence-corrected chi connectivity index (χ0v) is 12.8. The van der Waals surface area contributed by atoms with Crippen molar-refractivity contribution in [3.63, 3.8) is 0 Å². The smallest absolute Gasteiger partial charge is 0.00991 e. The van der Waals surface area contributed by atoms with Crippen LogP contribution in [0.15, 0.2) is 60.7 Å². The summed E-state index contributed by atoms with van der Waals surface area (Å²) in [6, 6.07) is 22.7. The molecule has 0 nitrogen and oxygen atoms in total. The first-order chi connectivity index (χ1) is 10.9. The molecule has 3 aromatic carbocycles. The highest BCUT2D eigenvalue weighted by Crippen LogP contribution is 2.50. The van der Waals surface area contributed by atoms with E-state index in [9.17, 15) is 0 Å². The summed E-state index contributed by atoms with van der Waals surface area (Å²) in [7, 11) is 0. The summed E-state index contributed by atoms with van der Waals surface area (Å²) in [4.78, 5) is 0. The van der Waals surface area contributed by atoms with Gasteiger partial charge >= 0.3 is 0 Å². The molecule has 0 fully saturated rings. The third kappa shape index (κ3) is 1.47. The third-order valence-electron chi connectivity index (χ3n) is 5.37. The molecule has 22 heavy (non-hydrogen) atoms. The summed E-state index contributed by atoms with van der Waals surface area (Å²) in [5, 5.41) is 0. The predicted octanol–water partition coefficient (Wildman–Crippen LogP) is 5.78. The minimum absolute atomic E-state index is 0.570. The van der Waals surface area contributed by atoms with Gasteiger partial charge in [-0.2, -0.15) is 0 Å². The van der Waals surface area contributed by atoms with E-state index < -0.39 is 0 Å². The molecule has 2 aliphatic rings. The highest BCUT2D eigenvalue weighted by atomic mass is 14.3. The molecule has 0 heteroatoms. The van der Waals surface area contributed by atoms with Crippen LogP contribution in [-0.4, -0.2) is 0 Å². The summed E-state index contributed by atoms with van der Waals surface area (Å²) >= 11 is 0. The van der Waals surface area contributed by atoms with Crippen LogP contribution < -0.4 is 0 Å². The monoisotopic (exact) mass is 282 g/mol. The summed E-state index contributed by atoms with van der Waals surface area (Å²) in [6.45, 7) is 2.30. The average Bonchev–Trinajstić information content (AvgIpc) is 3.07. The van der Waals surface area contributed by atoms with Gasteiger partial charge in [-0.05, 0) is 63.4 Å². The second-order valence-electron chi connectivity index (χ2n) is 6.48. The van der Waals surface area contributed by atoms with Gasteiger partial charge in [-0.15, -0.1) is 0 Å². The van der Waals surface area contributed by atoms with E-state index in [1.807, 2.05) is 0 Å². The highest BCUT2D eigenvalue weighted by Gasteiger charge is 2.30. The van der Waals surface area contributed by atoms with Crippen molar-refractivity contribution < 1.29 is 0 Å². The van der Waals surface area contributed by atoms with E-state index in [1.54, 1.807) is 0 Å². The van der Waals surface area contributed by atoms with Crippen LogP contribution in [0.4, 0.5) is 0 Å². The number of rotatable bonds is 1. The predicted molar refractivity (Wildman–Crippen MR) is 92.3 cm³/mol. The van der Waals surface area contributed by atoms with Crippen LogP contribution in [0.1, 0.15) is 41.5 Å². The van der Waals surface area contributed by atoms with Crippen LogP contribution in [0.25, 0.3) is 22.3 Å². The molecule has 0 heterocycles. The Bertz CT molecular complexity index is 902. The van der Waals surface area contributed by atoms with Crippen molar-refractivity contribution in [2.75, 3.05) is 0 Å². The molecule has 0 spiro atoms. The lowest BCUT2D eigenvalue weighted by atomic mass is 9.92. The maximum Gasteiger partial charge on any atom is 0.00991 e. The van der Waals surface area contributed by atoms with Crippen molar-refractivity contribution >= 4 is 0 Å². The lowest BCUT2D eigenvalue weighted by Gasteiger charge is -2.12. The maximum absolute atomic E-state index is 2.48. The molecule has 0 bridgehead atoms. The quantitative estimate of drug-likeness (QED) is 0.415. The number of hydrogen-bond acceptors (Lipinski definition) is 0. The van der Waals surface area contributed by atoms with Crippen LogP contribution >= 0.6 is 0 Å². The van der Waals surface area contributed by atoms with E-state index in [4.69, 9.17) is 0 Å². The minimum Gasteiger partial charge on any atom is -0.0645 e. The normalized spacial score (nSPS) is 16.9. The Hall–Kier alpha value is -2.34. The van der Waals surface area contributed by atoms with Gasteiger partial charge in [-0.1, -0.05) is 61.5 Å². The molecule has 1 atom stereocenters. The largest absolute Gasteiger partial charge is 0.0645 e. The number of benzene rings is 3. The zero-order chi connectivity index (χ0) is 14.7. The molecule has 0 radical (unpaired) electrons. The molecular weight excluding hydrogens is 264 g/mol. The SMILES string of the molecule is CCC1c2ccccc2-c2cc3c(cc21)Cc1ccccc1-3. The van der Waals surface area contributed by atoms with Gasteiger partial charge in [-0.3, -0.25) is 0 Å². The Balaban J connectivity index is 1.79. The first-order valence-corrected chi connectivity index (χ1v) is 8.21. The van der Waals surface area contributed by atoms with Gasteiger partial charge in [0.05, 0.1) is 0 Å². The van der Waals surface area contributed by atoms with Gasteiger partial charge in [0.15, 0.2) is 0 Å². The molecule has 0 saturated heterocycles. The molecule has 0 aromatic heterocycles. The lowest BCUT2D eigenvalue weighted by molar-refractivity contribution is 0.796. The lowest BCUT2D eigenvalue weighted by Crippen LogP contribution is -1.95. The van der Waals surface area contributed by atoms with E-state index in [0.29, 0.717) is 5.92 Å². The van der Waals surface area contributed by atoms with E-state index in [2.05, 4.69) is 67.6 Å². The minimum atomic E-state index is 0.570. The van der Waals surface area contributed by atoms with Gasteiger partial charge in [0.2, 0.25) is 0 Å². The first kappa shape index (κ1) is 12.2. The van der Waals surface area contributed by atoms with E-state index >= 15 is 0 Å². The summed E-state index contributed by atoms with van der Waals surface area (Å²) < 4.78 is 0. The fraction of sp³-hybridized carbons (Fsp3) is 0.182. The standard InChI is InChI=1S/C22H18/c1-2-16-18-9-5-6-10-19(18)22-13-20-15(12-21(16)22)11-14-7-3-4-8-17(14)20/h3-10,12-13,16H,2,11H2,1H3. The van der Waals surface area contributed by atoms with E-state index in [-0.39, 0.29) is 0 Å². The van der Waals surface area contributed by atoms with Crippen LogP contribution in [0.5, 0.6) is 0 Å². The third-order valence-corrected chi connectivity index (χ3v) is 5.37. The second-order valence-corrected chi connectivity index (χ2v) is 6.48. The molecule has 1 unspecified atom stereocenters. The van der Waals surface area contributed by atoms with E-state index in [0.717, 1.165) is 6.42 Å². The van der Waals surface area contributed by atoms with Crippen molar-refractivity contribution in [2.24, 2.45) is 0 Å². The Labute approximate surface area is 131 Å². The number of hydrogen-bond donors (Lipinski definition) is 0.